The average molecular weight is 329 g/mol. The van der Waals surface area contributed by atoms with Gasteiger partial charge in [-0.3, -0.25) is 9.79 Å². The number of carbonyl (C=O) groups excluding carboxylic acids is 1. The number of nitrogens with one attached hydrogen (secondary N) is 1. The van der Waals surface area contributed by atoms with Crippen molar-refractivity contribution >= 4 is 39.9 Å². The summed E-state index contributed by atoms with van der Waals surface area (Å²) >= 11 is 6.04. The molecule has 1 aromatic heterocycles. The Kier molecular flexibility index (Phi) is 3.16. The number of hydrogen-bond acceptors (Lipinski definition) is 3. The predicted molar refractivity (Wildman–Crippen MR) is 86.8 cm³/mol. The molecule has 0 unspecified atom stereocenters. The molecule has 0 saturated carbocycles. The summed E-state index contributed by atoms with van der Waals surface area (Å²) in [6.45, 7) is -0.0288. The van der Waals surface area contributed by atoms with Gasteiger partial charge in [-0.05, 0) is 42.5 Å². The maximum Gasteiger partial charge on any atom is 0.246 e. The molecule has 0 radical (unpaired) electrons. The standard InChI is InChI=1S/C17H10ClFN2O2/c18-10-3-6-13-12(7-10)16-17(23-13)15(20-8-14(22)21-16)9-1-4-11(19)5-2-9/h1-7H,8H2,(H,21,22). The minimum atomic E-state index is -0.339. The number of nitrogens with zero attached hydrogens (tertiary/aromatic N) is 1. The summed E-state index contributed by atoms with van der Waals surface area (Å²) in [7, 11) is 0. The predicted octanol–water partition coefficient (Wildman–Crippen LogP) is 4.01. The van der Waals surface area contributed by atoms with Crippen molar-refractivity contribution in [1.29, 1.82) is 0 Å². The van der Waals surface area contributed by atoms with Crippen molar-refractivity contribution in [1.82, 2.24) is 0 Å². The molecule has 3 aromatic rings. The second-order valence-electron chi connectivity index (χ2n) is 5.17. The second-order valence-corrected chi connectivity index (χ2v) is 5.60. The molecule has 23 heavy (non-hydrogen) atoms. The molecule has 114 valence electrons. The molecule has 0 bridgehead atoms. The van der Waals surface area contributed by atoms with E-state index in [1.54, 1.807) is 30.3 Å². The number of aliphatic imine (C=N–C) groups is 1. The number of amides is 1. The van der Waals surface area contributed by atoms with Gasteiger partial charge in [0.15, 0.2) is 5.76 Å². The van der Waals surface area contributed by atoms with Gasteiger partial charge >= 0.3 is 0 Å². The molecule has 0 fully saturated rings. The summed E-state index contributed by atoms with van der Waals surface area (Å²) in [6.07, 6.45) is 0. The average Bonchev–Trinajstić information content (AvgIpc) is 2.78. The Hall–Kier alpha value is -2.66. The van der Waals surface area contributed by atoms with E-state index in [9.17, 15) is 9.18 Å². The van der Waals surface area contributed by atoms with E-state index < -0.39 is 0 Å². The molecule has 1 amide bonds. The first-order chi connectivity index (χ1) is 11.1. The van der Waals surface area contributed by atoms with Crippen molar-refractivity contribution in [3.8, 4) is 0 Å². The Balaban J connectivity index is 1.97. The summed E-state index contributed by atoms with van der Waals surface area (Å²) in [5.74, 6) is -0.139. The van der Waals surface area contributed by atoms with E-state index in [1.807, 2.05) is 0 Å². The summed E-state index contributed by atoms with van der Waals surface area (Å²) in [4.78, 5) is 16.3. The summed E-state index contributed by atoms with van der Waals surface area (Å²) in [6, 6.07) is 11.1. The molecule has 0 aliphatic carbocycles. The van der Waals surface area contributed by atoms with Gasteiger partial charge in [0, 0.05) is 16.0 Å². The van der Waals surface area contributed by atoms with Crippen molar-refractivity contribution in [2.45, 2.75) is 0 Å². The number of fused-ring (bicyclic) bond motifs is 3. The Morgan fingerprint density at radius 3 is 2.74 bits per heavy atom. The molecule has 0 spiro atoms. The number of rotatable bonds is 1. The van der Waals surface area contributed by atoms with E-state index in [2.05, 4.69) is 10.3 Å². The Bertz CT molecular complexity index is 961. The largest absolute Gasteiger partial charge is 0.452 e. The van der Waals surface area contributed by atoms with E-state index in [0.29, 0.717) is 38.7 Å². The van der Waals surface area contributed by atoms with E-state index >= 15 is 0 Å². The highest BCUT2D eigenvalue weighted by atomic mass is 35.5. The van der Waals surface area contributed by atoms with Crippen LogP contribution in [0.4, 0.5) is 10.1 Å². The van der Waals surface area contributed by atoms with Crippen LogP contribution in [0.1, 0.15) is 11.3 Å². The lowest BCUT2D eigenvalue weighted by atomic mass is 10.1. The van der Waals surface area contributed by atoms with Crippen LogP contribution in [-0.4, -0.2) is 18.2 Å². The van der Waals surface area contributed by atoms with E-state index in [0.717, 1.165) is 0 Å². The Morgan fingerprint density at radius 2 is 1.96 bits per heavy atom. The van der Waals surface area contributed by atoms with Crippen LogP contribution < -0.4 is 5.32 Å². The topological polar surface area (TPSA) is 54.6 Å². The quantitative estimate of drug-likeness (QED) is 0.733. The monoisotopic (exact) mass is 328 g/mol. The lowest BCUT2D eigenvalue weighted by molar-refractivity contribution is -0.114. The van der Waals surface area contributed by atoms with Crippen LogP contribution in [-0.2, 0) is 4.79 Å². The zero-order chi connectivity index (χ0) is 16.0. The van der Waals surface area contributed by atoms with Gasteiger partial charge in [0.25, 0.3) is 0 Å². The van der Waals surface area contributed by atoms with Crippen molar-refractivity contribution < 1.29 is 13.6 Å². The first-order valence-corrected chi connectivity index (χ1v) is 7.32. The van der Waals surface area contributed by atoms with Crippen molar-refractivity contribution in [2.75, 3.05) is 11.9 Å². The van der Waals surface area contributed by atoms with Crippen LogP contribution in [0.25, 0.3) is 11.0 Å². The molecule has 2 heterocycles. The van der Waals surface area contributed by atoms with Gasteiger partial charge in [0.2, 0.25) is 5.91 Å². The lowest BCUT2D eigenvalue weighted by Gasteiger charge is -2.04. The van der Waals surface area contributed by atoms with Gasteiger partial charge in [-0.15, -0.1) is 0 Å². The van der Waals surface area contributed by atoms with Gasteiger partial charge < -0.3 is 9.73 Å². The molecule has 1 N–H and O–H groups in total. The highest BCUT2D eigenvalue weighted by Crippen LogP contribution is 2.35. The van der Waals surface area contributed by atoms with E-state index in [-0.39, 0.29) is 18.3 Å². The molecule has 0 saturated heterocycles. The zero-order valence-corrected chi connectivity index (χ0v) is 12.5. The second kappa shape index (κ2) is 5.21. The number of furan rings is 1. The van der Waals surface area contributed by atoms with E-state index in [1.165, 1.54) is 12.1 Å². The van der Waals surface area contributed by atoms with Gasteiger partial charge in [0.1, 0.15) is 23.7 Å². The molecule has 4 rings (SSSR count). The van der Waals surface area contributed by atoms with Crippen molar-refractivity contribution in [3.05, 3.63) is 64.6 Å². The third-order valence-corrected chi connectivity index (χ3v) is 3.86. The van der Waals surface area contributed by atoms with Crippen LogP contribution in [0.5, 0.6) is 0 Å². The maximum absolute atomic E-state index is 13.2. The summed E-state index contributed by atoms with van der Waals surface area (Å²) < 4.78 is 19.0. The Labute approximate surface area is 135 Å². The number of hydrogen-bond donors (Lipinski definition) is 1. The highest BCUT2D eigenvalue weighted by molar-refractivity contribution is 6.32. The minimum Gasteiger partial charge on any atom is -0.452 e. The van der Waals surface area contributed by atoms with Gasteiger partial charge in [0.05, 0.1) is 5.69 Å². The normalized spacial score (nSPS) is 14.2. The first-order valence-electron chi connectivity index (χ1n) is 6.94. The van der Waals surface area contributed by atoms with Gasteiger partial charge in [-0.1, -0.05) is 11.6 Å². The maximum atomic E-state index is 13.2. The van der Waals surface area contributed by atoms with Crippen LogP contribution in [0.15, 0.2) is 51.9 Å². The fourth-order valence-electron chi connectivity index (χ4n) is 2.59. The fourth-order valence-corrected chi connectivity index (χ4v) is 2.76. The number of anilines is 1. The molecule has 0 atom stereocenters. The molecule has 4 nitrogen and oxygen atoms in total. The SMILES string of the molecule is O=C1CN=C(c2ccc(F)cc2)c2oc3ccc(Cl)cc3c2N1. The van der Waals surface area contributed by atoms with Crippen molar-refractivity contribution in [3.63, 3.8) is 0 Å². The third-order valence-electron chi connectivity index (χ3n) is 3.63. The van der Waals surface area contributed by atoms with Crippen LogP contribution in [0.2, 0.25) is 5.02 Å². The van der Waals surface area contributed by atoms with E-state index in [4.69, 9.17) is 16.0 Å². The molecule has 2 aromatic carbocycles. The van der Waals surface area contributed by atoms with Crippen LogP contribution in [0.3, 0.4) is 0 Å². The lowest BCUT2D eigenvalue weighted by Crippen LogP contribution is -2.13. The highest BCUT2D eigenvalue weighted by Gasteiger charge is 2.24. The molecule has 1 aliphatic heterocycles. The smallest absolute Gasteiger partial charge is 0.246 e. The Morgan fingerprint density at radius 1 is 1.17 bits per heavy atom. The van der Waals surface area contributed by atoms with Crippen LogP contribution >= 0.6 is 11.6 Å². The fraction of sp³-hybridized carbons (Fsp3) is 0.0588. The number of benzene rings is 2. The minimum absolute atomic E-state index is 0.0288. The van der Waals surface area contributed by atoms with Gasteiger partial charge in [-0.25, -0.2) is 4.39 Å². The first kappa shape index (κ1) is 14.0. The number of carbonyl (C=O) groups is 1. The molecular formula is C17H10ClFN2O2. The number of halogens is 2. The molecular weight excluding hydrogens is 319 g/mol. The van der Waals surface area contributed by atoms with Crippen LogP contribution in [0, 0.1) is 5.82 Å². The van der Waals surface area contributed by atoms with Gasteiger partial charge in [-0.2, -0.15) is 0 Å². The molecule has 1 aliphatic rings. The third kappa shape index (κ3) is 2.39. The zero-order valence-electron chi connectivity index (χ0n) is 11.8. The molecule has 6 heteroatoms. The summed E-state index contributed by atoms with van der Waals surface area (Å²) in [5.41, 5.74) is 2.31. The van der Waals surface area contributed by atoms with Crippen molar-refractivity contribution in [2.24, 2.45) is 4.99 Å². The summed E-state index contributed by atoms with van der Waals surface area (Å²) in [5, 5.41) is 4.05.